The predicted octanol–water partition coefficient (Wildman–Crippen LogP) is 3.67. The smallest absolute Gasteiger partial charge is 0.175 e. The van der Waals surface area contributed by atoms with E-state index in [0.717, 1.165) is 11.4 Å². The third-order valence-electron chi connectivity index (χ3n) is 2.69. The van der Waals surface area contributed by atoms with E-state index in [9.17, 15) is 5.11 Å². The van der Waals surface area contributed by atoms with Crippen LogP contribution in [0.15, 0.2) is 47.3 Å². The Hall–Kier alpha value is -2.43. The summed E-state index contributed by atoms with van der Waals surface area (Å²) in [5.41, 5.74) is 0.735. The van der Waals surface area contributed by atoms with E-state index >= 15 is 0 Å². The largest absolute Gasteiger partial charge is 0.508 e. The van der Waals surface area contributed by atoms with Crippen molar-refractivity contribution >= 4 is 11.5 Å². The van der Waals surface area contributed by atoms with Crippen molar-refractivity contribution in [3.05, 3.63) is 48.5 Å². The molecule has 106 valence electrons. The lowest BCUT2D eigenvalue weighted by atomic mass is 9.93. The molecule has 1 heterocycles. The SMILES string of the molecule is C=C(Nc1ccc(O)cc1)Nc1cc(C(C)(C)C)on1. The third kappa shape index (κ3) is 3.54. The lowest BCUT2D eigenvalue weighted by molar-refractivity contribution is 0.331. The molecular formula is C15H19N3O2. The number of benzene rings is 1. The Bertz CT molecular complexity index is 594. The monoisotopic (exact) mass is 273 g/mol. The van der Waals surface area contributed by atoms with Crippen molar-refractivity contribution in [1.82, 2.24) is 5.16 Å². The van der Waals surface area contributed by atoms with Gasteiger partial charge in [0, 0.05) is 17.2 Å². The number of hydrogen-bond donors (Lipinski definition) is 3. The summed E-state index contributed by atoms with van der Waals surface area (Å²) in [6.45, 7) is 10.0. The Morgan fingerprint density at radius 2 is 1.85 bits per heavy atom. The van der Waals surface area contributed by atoms with Gasteiger partial charge in [0.25, 0.3) is 0 Å². The van der Waals surface area contributed by atoms with Crippen LogP contribution in [0.1, 0.15) is 26.5 Å². The van der Waals surface area contributed by atoms with Crippen LogP contribution < -0.4 is 10.6 Å². The highest BCUT2D eigenvalue weighted by atomic mass is 16.5. The van der Waals surface area contributed by atoms with Crippen LogP contribution in [-0.4, -0.2) is 10.3 Å². The molecule has 5 nitrogen and oxygen atoms in total. The van der Waals surface area contributed by atoms with E-state index in [4.69, 9.17) is 4.52 Å². The molecule has 0 bridgehead atoms. The van der Waals surface area contributed by atoms with Crippen molar-refractivity contribution < 1.29 is 9.63 Å². The van der Waals surface area contributed by atoms with Gasteiger partial charge in [-0.05, 0) is 24.3 Å². The first kappa shape index (κ1) is 14.0. The highest BCUT2D eigenvalue weighted by Gasteiger charge is 2.19. The molecule has 0 unspecified atom stereocenters. The standard InChI is InChI=1S/C15H19N3O2/c1-10(16-11-5-7-12(19)8-6-11)17-14-9-13(20-18-14)15(2,3)4/h5-9,16,19H,1H2,2-4H3,(H,17,18). The minimum absolute atomic E-state index is 0.0847. The lowest BCUT2D eigenvalue weighted by Gasteiger charge is -2.12. The zero-order valence-corrected chi connectivity index (χ0v) is 11.9. The van der Waals surface area contributed by atoms with Gasteiger partial charge in [-0.3, -0.25) is 0 Å². The molecule has 0 spiro atoms. The van der Waals surface area contributed by atoms with E-state index in [1.165, 1.54) is 0 Å². The van der Waals surface area contributed by atoms with Crippen LogP contribution >= 0.6 is 0 Å². The van der Waals surface area contributed by atoms with Crippen molar-refractivity contribution in [2.75, 3.05) is 10.6 Å². The summed E-state index contributed by atoms with van der Waals surface area (Å²) >= 11 is 0. The van der Waals surface area contributed by atoms with Crippen LogP contribution in [0.2, 0.25) is 0 Å². The second-order valence-corrected chi connectivity index (χ2v) is 5.60. The Morgan fingerprint density at radius 3 is 2.40 bits per heavy atom. The van der Waals surface area contributed by atoms with Gasteiger partial charge in [0.2, 0.25) is 0 Å². The van der Waals surface area contributed by atoms with Crippen molar-refractivity contribution in [3.8, 4) is 5.75 Å². The number of phenolic OH excluding ortho intramolecular Hbond substituents is 1. The highest BCUT2D eigenvalue weighted by molar-refractivity contribution is 5.54. The highest BCUT2D eigenvalue weighted by Crippen LogP contribution is 2.25. The van der Waals surface area contributed by atoms with E-state index in [2.05, 4.69) is 43.1 Å². The summed E-state index contributed by atoms with van der Waals surface area (Å²) in [6, 6.07) is 8.56. The molecule has 0 aliphatic heterocycles. The average molecular weight is 273 g/mol. The summed E-state index contributed by atoms with van der Waals surface area (Å²) in [5.74, 6) is 2.20. The first-order valence-corrected chi connectivity index (χ1v) is 6.34. The van der Waals surface area contributed by atoms with Gasteiger partial charge in [-0.1, -0.05) is 32.5 Å². The molecule has 2 rings (SSSR count). The molecule has 1 aromatic heterocycles. The van der Waals surface area contributed by atoms with Crippen LogP contribution in [-0.2, 0) is 5.41 Å². The summed E-state index contributed by atoms with van der Waals surface area (Å²) < 4.78 is 5.28. The van der Waals surface area contributed by atoms with Crippen LogP contribution in [0.4, 0.5) is 11.5 Å². The van der Waals surface area contributed by atoms with E-state index in [-0.39, 0.29) is 11.2 Å². The fourth-order valence-electron chi connectivity index (χ4n) is 1.59. The van der Waals surface area contributed by atoms with Crippen LogP contribution in [0, 0.1) is 0 Å². The molecule has 0 aliphatic rings. The quantitative estimate of drug-likeness (QED) is 0.741. The summed E-state index contributed by atoms with van der Waals surface area (Å²) in [6.07, 6.45) is 0. The number of phenols is 1. The maximum atomic E-state index is 9.22. The Labute approximate surface area is 118 Å². The van der Waals surface area contributed by atoms with E-state index in [1.807, 2.05) is 6.07 Å². The lowest BCUT2D eigenvalue weighted by Crippen LogP contribution is -2.10. The molecule has 0 atom stereocenters. The number of nitrogens with zero attached hydrogens (tertiary/aromatic N) is 1. The molecule has 3 N–H and O–H groups in total. The van der Waals surface area contributed by atoms with Crippen LogP contribution in [0.3, 0.4) is 0 Å². The number of aromatic hydroxyl groups is 1. The molecule has 1 aromatic carbocycles. The Kier molecular flexibility index (Phi) is 3.70. The maximum absolute atomic E-state index is 9.22. The van der Waals surface area contributed by atoms with E-state index in [0.29, 0.717) is 11.6 Å². The molecule has 0 fully saturated rings. The normalized spacial score (nSPS) is 11.2. The fraction of sp³-hybridized carbons (Fsp3) is 0.267. The van der Waals surface area contributed by atoms with Gasteiger partial charge < -0.3 is 20.3 Å². The van der Waals surface area contributed by atoms with Crippen LogP contribution in [0.25, 0.3) is 0 Å². The van der Waals surface area contributed by atoms with Crippen molar-refractivity contribution in [1.29, 1.82) is 0 Å². The summed E-state index contributed by atoms with van der Waals surface area (Å²) in [4.78, 5) is 0. The van der Waals surface area contributed by atoms with Gasteiger partial charge >= 0.3 is 0 Å². The maximum Gasteiger partial charge on any atom is 0.175 e. The minimum atomic E-state index is -0.0847. The number of rotatable bonds is 4. The van der Waals surface area contributed by atoms with Crippen molar-refractivity contribution in [2.24, 2.45) is 0 Å². The summed E-state index contributed by atoms with van der Waals surface area (Å²) in [7, 11) is 0. The van der Waals surface area contributed by atoms with Crippen molar-refractivity contribution in [2.45, 2.75) is 26.2 Å². The van der Waals surface area contributed by atoms with Gasteiger partial charge in [-0.15, -0.1) is 0 Å². The van der Waals surface area contributed by atoms with Gasteiger partial charge in [0.05, 0.1) is 0 Å². The zero-order chi connectivity index (χ0) is 14.8. The first-order chi connectivity index (χ1) is 9.34. The van der Waals surface area contributed by atoms with Crippen molar-refractivity contribution in [3.63, 3.8) is 0 Å². The minimum Gasteiger partial charge on any atom is -0.508 e. The predicted molar refractivity (Wildman–Crippen MR) is 79.7 cm³/mol. The van der Waals surface area contributed by atoms with Crippen LogP contribution in [0.5, 0.6) is 5.75 Å². The third-order valence-corrected chi connectivity index (χ3v) is 2.69. The van der Waals surface area contributed by atoms with Gasteiger partial charge in [-0.2, -0.15) is 0 Å². The molecular weight excluding hydrogens is 254 g/mol. The second-order valence-electron chi connectivity index (χ2n) is 5.60. The van der Waals surface area contributed by atoms with Gasteiger partial charge in [0.1, 0.15) is 17.3 Å². The Balaban J connectivity index is 1.98. The molecule has 0 saturated carbocycles. The summed E-state index contributed by atoms with van der Waals surface area (Å²) in [5, 5.41) is 19.3. The zero-order valence-electron chi connectivity index (χ0n) is 11.9. The second kappa shape index (κ2) is 5.28. The molecule has 0 aliphatic carbocycles. The molecule has 20 heavy (non-hydrogen) atoms. The van der Waals surface area contributed by atoms with E-state index < -0.39 is 0 Å². The molecule has 0 saturated heterocycles. The van der Waals surface area contributed by atoms with E-state index in [1.54, 1.807) is 24.3 Å². The molecule has 0 radical (unpaired) electrons. The Morgan fingerprint density at radius 1 is 1.20 bits per heavy atom. The molecule has 2 aromatic rings. The number of nitrogens with one attached hydrogen (secondary N) is 2. The average Bonchev–Trinajstić information content (AvgIpc) is 2.80. The number of anilines is 2. The molecule has 0 amide bonds. The van der Waals surface area contributed by atoms with Gasteiger partial charge in [0.15, 0.2) is 5.82 Å². The molecule has 5 heteroatoms. The topological polar surface area (TPSA) is 70.3 Å². The number of hydrogen-bond acceptors (Lipinski definition) is 5. The number of aromatic nitrogens is 1. The fourth-order valence-corrected chi connectivity index (χ4v) is 1.59. The van der Waals surface area contributed by atoms with Gasteiger partial charge in [-0.25, -0.2) is 0 Å². The first-order valence-electron chi connectivity index (χ1n) is 6.34.